The van der Waals surface area contributed by atoms with E-state index >= 15 is 0 Å². The van der Waals surface area contributed by atoms with Gasteiger partial charge in [0.05, 0.1) is 11.1 Å². The Morgan fingerprint density at radius 3 is 2.37 bits per heavy atom. The highest BCUT2D eigenvalue weighted by molar-refractivity contribution is 6.21. The highest BCUT2D eigenvalue weighted by Gasteiger charge is 2.35. The van der Waals surface area contributed by atoms with Crippen LogP contribution >= 0.6 is 0 Å². The topological polar surface area (TPSA) is 49.7 Å². The van der Waals surface area contributed by atoms with Crippen LogP contribution in [0.1, 0.15) is 40.0 Å². The number of hydrazone groups is 1. The first kappa shape index (κ1) is 11.8. The molecular weight excluding hydrogens is 240 g/mol. The van der Waals surface area contributed by atoms with E-state index in [1.54, 1.807) is 30.5 Å². The van der Waals surface area contributed by atoms with Gasteiger partial charge in [-0.15, -0.1) is 0 Å². The normalized spacial score (nSPS) is 22.3. The first-order valence-electron chi connectivity index (χ1n) is 6.44. The van der Waals surface area contributed by atoms with Crippen molar-refractivity contribution in [3.05, 3.63) is 47.5 Å². The summed E-state index contributed by atoms with van der Waals surface area (Å²) < 4.78 is 0. The van der Waals surface area contributed by atoms with Crippen molar-refractivity contribution >= 4 is 18.0 Å². The van der Waals surface area contributed by atoms with Gasteiger partial charge in [0.15, 0.2) is 0 Å². The maximum Gasteiger partial charge on any atom is 0.282 e. The van der Waals surface area contributed by atoms with Crippen LogP contribution < -0.4 is 0 Å². The fourth-order valence-electron chi connectivity index (χ4n) is 2.39. The predicted molar refractivity (Wildman–Crippen MR) is 71.9 cm³/mol. The van der Waals surface area contributed by atoms with Crippen molar-refractivity contribution < 1.29 is 9.59 Å². The molecule has 96 valence electrons. The Labute approximate surface area is 111 Å². The molecule has 4 heteroatoms. The van der Waals surface area contributed by atoms with Crippen LogP contribution in [0.15, 0.2) is 41.5 Å². The number of amides is 2. The second kappa shape index (κ2) is 4.80. The molecule has 0 fully saturated rings. The third-order valence-corrected chi connectivity index (χ3v) is 3.48. The zero-order chi connectivity index (χ0) is 13.2. The molecule has 4 nitrogen and oxygen atoms in total. The Morgan fingerprint density at radius 1 is 1.11 bits per heavy atom. The Bertz CT molecular complexity index is 555. The van der Waals surface area contributed by atoms with Gasteiger partial charge in [-0.2, -0.15) is 10.1 Å². The molecule has 2 amide bonds. The summed E-state index contributed by atoms with van der Waals surface area (Å²) >= 11 is 0. The fourth-order valence-corrected chi connectivity index (χ4v) is 2.39. The molecule has 0 spiro atoms. The lowest BCUT2D eigenvalue weighted by atomic mass is 9.96. The van der Waals surface area contributed by atoms with Crippen LogP contribution in [0.3, 0.4) is 0 Å². The van der Waals surface area contributed by atoms with Gasteiger partial charge in [0, 0.05) is 6.21 Å². The highest BCUT2D eigenvalue weighted by atomic mass is 16.2. The van der Waals surface area contributed by atoms with Gasteiger partial charge >= 0.3 is 0 Å². The lowest BCUT2D eigenvalue weighted by Gasteiger charge is -2.13. The van der Waals surface area contributed by atoms with E-state index in [9.17, 15) is 9.59 Å². The molecule has 2 aliphatic rings. The molecule has 0 bridgehead atoms. The molecule has 0 saturated heterocycles. The van der Waals surface area contributed by atoms with Crippen LogP contribution in [0.2, 0.25) is 0 Å². The maximum absolute atomic E-state index is 12.1. The summed E-state index contributed by atoms with van der Waals surface area (Å²) in [6.45, 7) is 0. The summed E-state index contributed by atoms with van der Waals surface area (Å²) in [6, 6.07) is 6.83. The van der Waals surface area contributed by atoms with Gasteiger partial charge in [-0.1, -0.05) is 24.3 Å². The van der Waals surface area contributed by atoms with Crippen molar-refractivity contribution in [2.75, 3.05) is 0 Å². The third-order valence-electron chi connectivity index (χ3n) is 3.48. The average Bonchev–Trinajstić information content (AvgIpc) is 2.71. The smallest absolute Gasteiger partial charge is 0.267 e. The van der Waals surface area contributed by atoms with Gasteiger partial charge in [-0.25, -0.2) is 0 Å². The number of allylic oxidation sites excluding steroid dienone is 2. The second-order valence-corrected chi connectivity index (χ2v) is 4.78. The molecule has 19 heavy (non-hydrogen) atoms. The van der Waals surface area contributed by atoms with E-state index < -0.39 is 0 Å². The van der Waals surface area contributed by atoms with E-state index in [1.807, 2.05) is 0 Å². The largest absolute Gasteiger partial charge is 0.282 e. The summed E-state index contributed by atoms with van der Waals surface area (Å²) in [4.78, 5) is 24.1. The predicted octanol–water partition coefficient (Wildman–Crippen LogP) is 2.62. The van der Waals surface area contributed by atoms with Crippen molar-refractivity contribution in [1.29, 1.82) is 0 Å². The highest BCUT2D eigenvalue weighted by Crippen LogP contribution is 2.23. The Hall–Kier alpha value is -2.23. The van der Waals surface area contributed by atoms with Gasteiger partial charge in [0.2, 0.25) is 0 Å². The van der Waals surface area contributed by atoms with Crippen molar-refractivity contribution in [3.8, 4) is 0 Å². The molecule has 0 unspecified atom stereocenters. The number of benzene rings is 1. The molecule has 1 heterocycles. The van der Waals surface area contributed by atoms with Crippen molar-refractivity contribution in [1.82, 2.24) is 5.01 Å². The van der Waals surface area contributed by atoms with E-state index in [-0.39, 0.29) is 11.8 Å². The third kappa shape index (κ3) is 2.10. The molecule has 1 aromatic carbocycles. The quantitative estimate of drug-likeness (QED) is 0.463. The number of hydrogen-bond donors (Lipinski definition) is 0. The van der Waals surface area contributed by atoms with Crippen molar-refractivity contribution in [3.63, 3.8) is 0 Å². The van der Waals surface area contributed by atoms with Crippen LogP contribution in [0.4, 0.5) is 0 Å². The molecule has 0 radical (unpaired) electrons. The molecule has 1 atom stereocenters. The Morgan fingerprint density at radius 2 is 1.79 bits per heavy atom. The number of carbonyl (C=O) groups excluding carboxylic acids is 2. The minimum absolute atomic E-state index is 0.314. The fraction of sp³-hybridized carbons (Fsp3) is 0.267. The molecule has 1 aromatic rings. The number of imide groups is 1. The van der Waals surface area contributed by atoms with E-state index in [2.05, 4.69) is 17.3 Å². The first-order valence-corrected chi connectivity index (χ1v) is 6.44. The number of fused-ring (bicyclic) bond motifs is 1. The van der Waals surface area contributed by atoms with E-state index in [0.29, 0.717) is 17.0 Å². The van der Waals surface area contributed by atoms with Crippen LogP contribution in [-0.4, -0.2) is 23.0 Å². The summed E-state index contributed by atoms with van der Waals surface area (Å²) in [5.41, 5.74) is 0.876. The number of hydrogen-bond acceptors (Lipinski definition) is 3. The SMILES string of the molecule is O=C1c2ccccc2C(=O)N1/N=C\[C@H]1CC=CCC1. The van der Waals surface area contributed by atoms with Crippen LogP contribution in [-0.2, 0) is 0 Å². The van der Waals surface area contributed by atoms with E-state index in [0.717, 1.165) is 24.3 Å². The molecule has 0 aromatic heterocycles. The van der Waals surface area contributed by atoms with Crippen molar-refractivity contribution in [2.45, 2.75) is 19.3 Å². The summed E-state index contributed by atoms with van der Waals surface area (Å²) in [7, 11) is 0. The zero-order valence-corrected chi connectivity index (χ0v) is 10.5. The van der Waals surface area contributed by atoms with Crippen LogP contribution in [0, 0.1) is 5.92 Å². The van der Waals surface area contributed by atoms with Gasteiger partial charge in [-0.3, -0.25) is 9.59 Å². The minimum Gasteiger partial charge on any atom is -0.267 e. The van der Waals surface area contributed by atoms with E-state index in [1.165, 1.54) is 0 Å². The number of nitrogens with zero attached hydrogens (tertiary/aromatic N) is 2. The molecule has 0 saturated carbocycles. The molecule has 3 rings (SSSR count). The van der Waals surface area contributed by atoms with Crippen LogP contribution in [0.25, 0.3) is 0 Å². The number of carbonyl (C=O) groups is 2. The maximum atomic E-state index is 12.1. The second-order valence-electron chi connectivity index (χ2n) is 4.78. The lowest BCUT2D eigenvalue weighted by molar-refractivity contribution is 0.0659. The van der Waals surface area contributed by atoms with Crippen molar-refractivity contribution in [2.24, 2.45) is 11.0 Å². The molecular formula is C15H14N2O2. The van der Waals surface area contributed by atoms with Gasteiger partial charge in [0.1, 0.15) is 0 Å². The lowest BCUT2D eigenvalue weighted by Crippen LogP contribution is -2.24. The first-order chi connectivity index (χ1) is 9.27. The molecule has 1 aliphatic carbocycles. The molecule has 1 aliphatic heterocycles. The summed E-state index contributed by atoms with van der Waals surface area (Å²) in [6.07, 6.45) is 8.95. The number of rotatable bonds is 2. The average molecular weight is 254 g/mol. The monoisotopic (exact) mass is 254 g/mol. The van der Waals surface area contributed by atoms with E-state index in [4.69, 9.17) is 0 Å². The van der Waals surface area contributed by atoms with Gasteiger partial charge in [0.25, 0.3) is 11.8 Å². The van der Waals surface area contributed by atoms with Gasteiger partial charge in [-0.05, 0) is 37.3 Å². The summed E-state index contributed by atoms with van der Waals surface area (Å²) in [5.74, 6) is -0.347. The standard InChI is InChI=1S/C15H14N2O2/c18-14-12-8-4-5-9-13(12)15(19)17(14)16-10-11-6-2-1-3-7-11/h1-2,4-5,8-11H,3,6-7H2/b16-10-/t11-/m0/s1. The minimum atomic E-state index is -0.330. The summed E-state index contributed by atoms with van der Waals surface area (Å²) in [5, 5.41) is 5.07. The van der Waals surface area contributed by atoms with Gasteiger partial charge < -0.3 is 0 Å². The van der Waals surface area contributed by atoms with Crippen LogP contribution in [0.5, 0.6) is 0 Å². The zero-order valence-electron chi connectivity index (χ0n) is 10.5. The molecule has 0 N–H and O–H groups in total. The Balaban J connectivity index is 1.80. The Kier molecular flexibility index (Phi) is 2.99.